The normalized spacial score (nSPS) is 24.0. The second-order valence-electron chi connectivity index (χ2n) is 2.70. The first kappa shape index (κ1) is 5.98. The van der Waals surface area contributed by atoms with Crippen molar-refractivity contribution in [3.63, 3.8) is 0 Å². The van der Waals surface area contributed by atoms with Gasteiger partial charge < -0.3 is 5.32 Å². The maximum atomic E-state index is 3.30. The van der Waals surface area contributed by atoms with Crippen LogP contribution in [-0.2, 0) is 0 Å². The van der Waals surface area contributed by atoms with Crippen molar-refractivity contribution in [2.24, 2.45) is 0 Å². The maximum Gasteiger partial charge on any atom is 0.0655 e. The molecule has 0 unspecified atom stereocenters. The Hall–Kier alpha value is -0.760. The van der Waals surface area contributed by atoms with Gasteiger partial charge in [-0.1, -0.05) is 12.2 Å². The van der Waals surface area contributed by atoms with Crippen LogP contribution in [0, 0.1) is 0 Å². The second kappa shape index (κ2) is 2.46. The lowest BCUT2D eigenvalue weighted by Crippen LogP contribution is -2.38. The van der Waals surface area contributed by atoms with Crippen LogP contribution in [-0.4, -0.2) is 13.2 Å². The molecule has 1 saturated heterocycles. The quantitative estimate of drug-likeness (QED) is 0.513. The number of nitrogens with one attached hydrogen (secondary N) is 2. The van der Waals surface area contributed by atoms with Gasteiger partial charge in [0.1, 0.15) is 0 Å². The minimum Gasteiger partial charge on any atom is -0.372 e. The first-order chi connectivity index (χ1) is 4.97. The number of allylic oxidation sites excluding steroid dienone is 2. The average Bonchev–Trinajstić information content (AvgIpc) is 2.05. The van der Waals surface area contributed by atoms with Crippen LogP contribution in [0.3, 0.4) is 0 Å². The van der Waals surface area contributed by atoms with Crippen molar-refractivity contribution in [2.75, 3.05) is 13.2 Å². The van der Waals surface area contributed by atoms with Gasteiger partial charge in [-0.2, -0.15) is 0 Å². The van der Waals surface area contributed by atoms with Gasteiger partial charge in [-0.15, -0.1) is 0 Å². The Bertz CT molecular complexity index is 169. The van der Waals surface area contributed by atoms with Gasteiger partial charge in [0.05, 0.1) is 6.67 Å². The van der Waals surface area contributed by atoms with E-state index in [4.69, 9.17) is 0 Å². The average molecular weight is 136 g/mol. The van der Waals surface area contributed by atoms with Crippen LogP contribution in [0.5, 0.6) is 0 Å². The summed E-state index contributed by atoms with van der Waals surface area (Å²) in [6, 6.07) is 0. The summed E-state index contributed by atoms with van der Waals surface area (Å²) in [7, 11) is 0. The molecule has 0 atom stereocenters. The van der Waals surface area contributed by atoms with Gasteiger partial charge >= 0.3 is 0 Å². The van der Waals surface area contributed by atoms with Gasteiger partial charge in [0, 0.05) is 12.2 Å². The molecule has 2 heteroatoms. The summed E-state index contributed by atoms with van der Waals surface area (Å²) in [4.78, 5) is 0. The Morgan fingerprint density at radius 1 is 1.20 bits per heavy atom. The van der Waals surface area contributed by atoms with Crippen LogP contribution in [0.4, 0.5) is 0 Å². The SMILES string of the molecule is C1=C2CNCNC2=CCC1. The van der Waals surface area contributed by atoms with E-state index < -0.39 is 0 Å². The number of hydrogen-bond acceptors (Lipinski definition) is 2. The molecule has 0 amide bonds. The summed E-state index contributed by atoms with van der Waals surface area (Å²) >= 11 is 0. The molecule has 0 radical (unpaired) electrons. The Morgan fingerprint density at radius 2 is 2.10 bits per heavy atom. The van der Waals surface area contributed by atoms with Crippen LogP contribution in [0.15, 0.2) is 23.4 Å². The number of fused-ring (bicyclic) bond motifs is 1. The van der Waals surface area contributed by atoms with Crippen molar-refractivity contribution in [3.8, 4) is 0 Å². The Labute approximate surface area is 61.0 Å². The van der Waals surface area contributed by atoms with Gasteiger partial charge in [0.25, 0.3) is 0 Å². The molecule has 10 heavy (non-hydrogen) atoms. The summed E-state index contributed by atoms with van der Waals surface area (Å²) in [5, 5.41) is 6.57. The summed E-state index contributed by atoms with van der Waals surface area (Å²) in [6.45, 7) is 1.96. The lowest BCUT2D eigenvalue weighted by molar-refractivity contribution is 0.611. The minimum absolute atomic E-state index is 0.920. The van der Waals surface area contributed by atoms with Crippen LogP contribution in [0.2, 0.25) is 0 Å². The molecule has 0 aromatic heterocycles. The molecule has 2 aliphatic rings. The molecular formula is C8H12N2. The largest absolute Gasteiger partial charge is 0.372 e. The molecule has 0 spiro atoms. The van der Waals surface area contributed by atoms with E-state index in [1.165, 1.54) is 24.1 Å². The summed E-state index contributed by atoms with van der Waals surface area (Å²) in [5.41, 5.74) is 2.79. The van der Waals surface area contributed by atoms with Crippen molar-refractivity contribution in [3.05, 3.63) is 23.4 Å². The van der Waals surface area contributed by atoms with E-state index in [0.717, 1.165) is 13.2 Å². The van der Waals surface area contributed by atoms with Gasteiger partial charge in [0.15, 0.2) is 0 Å². The molecular weight excluding hydrogens is 124 g/mol. The molecule has 1 fully saturated rings. The first-order valence-electron chi connectivity index (χ1n) is 3.81. The molecule has 2 N–H and O–H groups in total. The minimum atomic E-state index is 0.920. The van der Waals surface area contributed by atoms with Gasteiger partial charge in [-0.3, -0.25) is 5.32 Å². The third-order valence-corrected chi connectivity index (χ3v) is 1.97. The van der Waals surface area contributed by atoms with Crippen LogP contribution in [0.25, 0.3) is 0 Å². The first-order valence-corrected chi connectivity index (χ1v) is 3.81. The molecule has 54 valence electrons. The predicted octanol–water partition coefficient (Wildman–Crippen LogP) is 0.741. The molecule has 0 saturated carbocycles. The topological polar surface area (TPSA) is 24.1 Å². The molecule has 2 nitrogen and oxygen atoms in total. The van der Waals surface area contributed by atoms with Crippen LogP contribution >= 0.6 is 0 Å². The van der Waals surface area contributed by atoms with Crippen LogP contribution < -0.4 is 10.6 Å². The number of hydrogen-bond donors (Lipinski definition) is 2. The molecule has 1 aliphatic carbocycles. The standard InChI is InChI=1S/C8H12N2/c1-2-4-8-7(3-1)5-9-6-10-8/h3-4,9-10H,1-2,5-6H2. The van der Waals surface area contributed by atoms with Crippen molar-refractivity contribution < 1.29 is 0 Å². The maximum absolute atomic E-state index is 3.30. The highest BCUT2D eigenvalue weighted by Crippen LogP contribution is 2.16. The fraction of sp³-hybridized carbons (Fsp3) is 0.500. The Morgan fingerprint density at radius 3 is 3.00 bits per heavy atom. The Balaban J connectivity index is 2.19. The monoisotopic (exact) mass is 136 g/mol. The van der Waals surface area contributed by atoms with Crippen molar-refractivity contribution in [2.45, 2.75) is 12.8 Å². The fourth-order valence-electron chi connectivity index (χ4n) is 1.43. The van der Waals surface area contributed by atoms with Gasteiger partial charge in [-0.25, -0.2) is 0 Å². The van der Waals surface area contributed by atoms with E-state index in [2.05, 4.69) is 22.8 Å². The van der Waals surface area contributed by atoms with E-state index in [1.807, 2.05) is 0 Å². The van der Waals surface area contributed by atoms with Crippen LogP contribution in [0.1, 0.15) is 12.8 Å². The number of rotatable bonds is 0. The zero-order valence-corrected chi connectivity index (χ0v) is 5.98. The second-order valence-corrected chi connectivity index (χ2v) is 2.70. The highest BCUT2D eigenvalue weighted by molar-refractivity contribution is 5.34. The highest BCUT2D eigenvalue weighted by atomic mass is 15.1. The molecule has 1 aliphatic heterocycles. The summed E-state index contributed by atoms with van der Waals surface area (Å²) in [5.74, 6) is 0. The molecule has 0 aromatic rings. The van der Waals surface area contributed by atoms with Gasteiger partial charge in [-0.05, 0) is 18.4 Å². The molecule has 0 aromatic carbocycles. The van der Waals surface area contributed by atoms with Crippen molar-refractivity contribution in [1.82, 2.24) is 10.6 Å². The van der Waals surface area contributed by atoms with Gasteiger partial charge in [0.2, 0.25) is 0 Å². The van der Waals surface area contributed by atoms with Crippen molar-refractivity contribution >= 4 is 0 Å². The lowest BCUT2D eigenvalue weighted by atomic mass is 10.0. The van der Waals surface area contributed by atoms with E-state index >= 15 is 0 Å². The zero-order valence-electron chi connectivity index (χ0n) is 5.98. The fourth-order valence-corrected chi connectivity index (χ4v) is 1.43. The smallest absolute Gasteiger partial charge is 0.0655 e. The van der Waals surface area contributed by atoms with E-state index in [9.17, 15) is 0 Å². The highest BCUT2D eigenvalue weighted by Gasteiger charge is 2.11. The molecule has 0 bridgehead atoms. The summed E-state index contributed by atoms with van der Waals surface area (Å²) in [6.07, 6.45) is 7.01. The molecule has 1 heterocycles. The lowest BCUT2D eigenvalue weighted by Gasteiger charge is -2.23. The molecule has 2 rings (SSSR count). The zero-order chi connectivity index (χ0) is 6.81. The predicted molar refractivity (Wildman–Crippen MR) is 41.4 cm³/mol. The van der Waals surface area contributed by atoms with Crippen molar-refractivity contribution in [1.29, 1.82) is 0 Å². The Kier molecular flexibility index (Phi) is 1.47. The summed E-state index contributed by atoms with van der Waals surface area (Å²) < 4.78 is 0. The van der Waals surface area contributed by atoms with E-state index in [0.29, 0.717) is 0 Å². The third-order valence-electron chi connectivity index (χ3n) is 1.97. The third kappa shape index (κ3) is 0.948. The van der Waals surface area contributed by atoms with E-state index in [1.54, 1.807) is 0 Å². The van der Waals surface area contributed by atoms with E-state index in [-0.39, 0.29) is 0 Å².